The van der Waals surface area contributed by atoms with Gasteiger partial charge in [0.15, 0.2) is 4.74 Å². The maximum atomic E-state index is 12.6. The summed E-state index contributed by atoms with van der Waals surface area (Å²) in [6, 6.07) is -0.108. The smallest absolute Gasteiger partial charge is 0.186 e. The van der Waals surface area contributed by atoms with Crippen molar-refractivity contribution in [2.24, 2.45) is 27.2 Å². The Morgan fingerprint density at radius 3 is 2.70 bits per heavy atom. The van der Waals surface area contributed by atoms with Crippen LogP contribution in [-0.2, 0) is 9.59 Å². The molecule has 0 aromatic carbocycles. The molecule has 0 spiro atoms. The zero-order valence-electron chi connectivity index (χ0n) is 21.8. The lowest BCUT2D eigenvalue weighted by molar-refractivity contribution is -0.109. The van der Waals surface area contributed by atoms with E-state index in [4.69, 9.17) is 0 Å². The second kappa shape index (κ2) is 12.9. The average molecular weight is 581 g/mol. The van der Waals surface area contributed by atoms with Crippen LogP contribution in [0.3, 0.4) is 0 Å². The molecular formula is C25H38BrN7O4. The number of carbonyl (C=O) groups excluding carboxylic acids is 2. The minimum atomic E-state index is -0.509. The summed E-state index contributed by atoms with van der Waals surface area (Å²) in [6.45, 7) is 6.73. The number of hydroxylamine groups is 1. The Bertz CT molecular complexity index is 1040. The van der Waals surface area contributed by atoms with E-state index in [0.717, 1.165) is 36.6 Å². The third-order valence-electron chi connectivity index (χ3n) is 8.00. The first-order chi connectivity index (χ1) is 17.7. The molecule has 1 saturated carbocycles. The highest BCUT2D eigenvalue weighted by Gasteiger charge is 2.56. The lowest BCUT2D eigenvalue weighted by atomic mass is 9.54. The van der Waals surface area contributed by atoms with Gasteiger partial charge in [-0.1, -0.05) is 12.5 Å². The fraction of sp³-hybridized carbons (Fsp3) is 0.600. The molecule has 12 heteroatoms. The van der Waals surface area contributed by atoms with Crippen molar-refractivity contribution in [1.29, 1.82) is 0 Å². The normalized spacial score (nSPS) is 29.1. The van der Waals surface area contributed by atoms with Gasteiger partial charge in [-0.25, -0.2) is 25.9 Å². The predicted octanol–water partition coefficient (Wildman–Crippen LogP) is 2.63. The third-order valence-corrected chi connectivity index (χ3v) is 8.38. The molecular weight excluding hydrogens is 542 g/mol. The van der Waals surface area contributed by atoms with Crippen LogP contribution >= 0.6 is 15.9 Å². The number of halogens is 1. The number of allylic oxidation sites excluding steroid dienone is 4. The van der Waals surface area contributed by atoms with Crippen molar-refractivity contribution in [1.82, 2.24) is 26.8 Å². The van der Waals surface area contributed by atoms with Gasteiger partial charge in [0.1, 0.15) is 24.7 Å². The van der Waals surface area contributed by atoms with E-state index in [1.54, 1.807) is 12.1 Å². The molecule has 37 heavy (non-hydrogen) atoms. The Hall–Kier alpha value is -2.38. The molecule has 0 radical (unpaired) electrons. The molecule has 204 valence electrons. The summed E-state index contributed by atoms with van der Waals surface area (Å²) >= 11 is 3.30. The predicted molar refractivity (Wildman–Crippen MR) is 146 cm³/mol. The standard InChI is InChI=1S/C25H38BrN7O4/c1-15-12-29-30-17(3)23(36)18(15)7-8-25(19-5-6-21(19)32-37)16(2)11-22(20(25)13-35)27-14-28-24(26)31-33(4)9-10-34/h10,13-14,16,19,21,29-30,32,36-37H,5-9,11-12H2,1-4H3,(H,27,28,31)/t16-,19?,21?,25-/m1/s1. The van der Waals surface area contributed by atoms with Crippen molar-refractivity contribution in [2.45, 2.75) is 58.9 Å². The van der Waals surface area contributed by atoms with Gasteiger partial charge in [-0.3, -0.25) is 10.2 Å². The number of rotatable bonds is 11. The number of hydrogen-bond donors (Lipinski definition) is 6. The van der Waals surface area contributed by atoms with Gasteiger partial charge >= 0.3 is 0 Å². The third kappa shape index (κ3) is 6.20. The van der Waals surface area contributed by atoms with Crippen LogP contribution in [0, 0.1) is 17.3 Å². The van der Waals surface area contributed by atoms with Crippen LogP contribution in [0.25, 0.3) is 0 Å². The van der Waals surface area contributed by atoms with Gasteiger partial charge in [-0.2, -0.15) is 0 Å². The van der Waals surface area contributed by atoms with Crippen molar-refractivity contribution in [3.8, 4) is 0 Å². The molecule has 0 bridgehead atoms. The minimum Gasteiger partial charge on any atom is -0.506 e. The summed E-state index contributed by atoms with van der Waals surface area (Å²) in [5.41, 5.74) is 14.8. The Labute approximate surface area is 226 Å². The molecule has 1 heterocycles. The van der Waals surface area contributed by atoms with Crippen LogP contribution in [-0.4, -0.2) is 65.2 Å². The monoisotopic (exact) mass is 579 g/mol. The molecule has 0 aromatic rings. The second-order valence-corrected chi connectivity index (χ2v) is 10.8. The van der Waals surface area contributed by atoms with E-state index < -0.39 is 5.41 Å². The first-order valence-electron chi connectivity index (χ1n) is 12.5. The van der Waals surface area contributed by atoms with Crippen molar-refractivity contribution in [3.63, 3.8) is 0 Å². The molecule has 4 atom stereocenters. The highest BCUT2D eigenvalue weighted by Crippen LogP contribution is 2.60. The molecule has 2 unspecified atom stereocenters. The Morgan fingerprint density at radius 1 is 1.32 bits per heavy atom. The van der Waals surface area contributed by atoms with E-state index in [9.17, 15) is 19.9 Å². The van der Waals surface area contributed by atoms with E-state index in [2.05, 4.69) is 54.6 Å². The van der Waals surface area contributed by atoms with Crippen molar-refractivity contribution >= 4 is 39.6 Å². The van der Waals surface area contributed by atoms with Gasteiger partial charge in [0.25, 0.3) is 0 Å². The molecule has 3 aliphatic rings. The van der Waals surface area contributed by atoms with E-state index in [1.807, 2.05) is 13.8 Å². The zero-order valence-corrected chi connectivity index (χ0v) is 23.4. The Morgan fingerprint density at radius 2 is 2.08 bits per heavy atom. The van der Waals surface area contributed by atoms with Gasteiger partial charge in [0, 0.05) is 36.3 Å². The number of aliphatic imine (C=N–C) groups is 2. The minimum absolute atomic E-state index is 0.0597. The van der Waals surface area contributed by atoms with E-state index in [1.165, 1.54) is 6.34 Å². The maximum Gasteiger partial charge on any atom is 0.186 e. The van der Waals surface area contributed by atoms with E-state index in [0.29, 0.717) is 47.5 Å². The topological polar surface area (TPSA) is 151 Å². The van der Waals surface area contributed by atoms with E-state index >= 15 is 0 Å². The maximum absolute atomic E-state index is 12.6. The molecule has 0 amide bonds. The van der Waals surface area contributed by atoms with Crippen molar-refractivity contribution < 1.29 is 19.9 Å². The first-order valence-corrected chi connectivity index (χ1v) is 13.3. The number of hydrazine groups is 2. The number of aliphatic hydroxyl groups is 1. The number of aliphatic hydroxyl groups excluding tert-OH is 1. The number of amidine groups is 1. The van der Waals surface area contributed by atoms with Crippen LogP contribution in [0.2, 0.25) is 0 Å². The fourth-order valence-electron chi connectivity index (χ4n) is 5.88. The summed E-state index contributed by atoms with van der Waals surface area (Å²) in [5.74, 6) is 0.389. The molecule has 6 N–H and O–H groups in total. The summed E-state index contributed by atoms with van der Waals surface area (Å²) in [6.07, 6.45) is 6.62. The summed E-state index contributed by atoms with van der Waals surface area (Å²) < 4.78 is 0.380. The molecule has 11 nitrogen and oxygen atoms in total. The first kappa shape index (κ1) is 29.2. The van der Waals surface area contributed by atoms with Crippen LogP contribution in [0.5, 0.6) is 0 Å². The zero-order chi connectivity index (χ0) is 27.2. The van der Waals surface area contributed by atoms with Gasteiger partial charge in [0.05, 0.1) is 12.2 Å². The average Bonchev–Trinajstić information content (AvgIpc) is 3.01. The van der Waals surface area contributed by atoms with Crippen molar-refractivity contribution in [3.05, 3.63) is 33.9 Å². The SMILES string of the molecule is CC1=C(CC[C@@]2(C3CCC3NO)C(C=O)=C(N=CN=C(Br)NN(C)CC=O)C[C@H]2C)C(O)=C(C)NNC1. The molecule has 1 fully saturated rings. The highest BCUT2D eigenvalue weighted by atomic mass is 79.9. The number of likely N-dealkylation sites (N-methyl/N-ethyl adjacent to an activating group) is 1. The number of hydrogen-bond acceptors (Lipinski definition) is 9. The number of nitrogens with zero attached hydrogens (tertiary/aromatic N) is 3. The van der Waals surface area contributed by atoms with Gasteiger partial charge in [-0.05, 0) is 79.3 Å². The summed E-state index contributed by atoms with van der Waals surface area (Å²) in [4.78, 5) is 32.1. The highest BCUT2D eigenvalue weighted by molar-refractivity contribution is 9.18. The molecule has 3 rings (SSSR count). The van der Waals surface area contributed by atoms with Crippen LogP contribution < -0.4 is 21.8 Å². The summed E-state index contributed by atoms with van der Waals surface area (Å²) in [5, 5.41) is 22.2. The number of nitrogens with one attached hydrogen (secondary N) is 4. The van der Waals surface area contributed by atoms with Gasteiger partial charge in [-0.15, -0.1) is 0 Å². The summed E-state index contributed by atoms with van der Waals surface area (Å²) in [7, 11) is 1.71. The fourth-order valence-corrected chi connectivity index (χ4v) is 6.27. The lowest BCUT2D eigenvalue weighted by Crippen LogP contribution is -2.53. The largest absolute Gasteiger partial charge is 0.506 e. The van der Waals surface area contributed by atoms with Crippen LogP contribution in [0.4, 0.5) is 0 Å². The van der Waals surface area contributed by atoms with Crippen LogP contribution in [0.1, 0.15) is 52.9 Å². The van der Waals surface area contributed by atoms with Crippen molar-refractivity contribution in [2.75, 3.05) is 20.1 Å². The quantitative estimate of drug-likeness (QED) is 0.0713. The lowest BCUT2D eigenvalue weighted by Gasteiger charge is -2.51. The molecule has 1 aliphatic heterocycles. The van der Waals surface area contributed by atoms with E-state index in [-0.39, 0.29) is 30.2 Å². The second-order valence-electron chi connectivity index (χ2n) is 10.1. The van der Waals surface area contributed by atoms with Gasteiger partial charge in [0.2, 0.25) is 0 Å². The molecule has 2 aliphatic carbocycles. The Kier molecular flexibility index (Phi) is 10.2. The van der Waals surface area contributed by atoms with Gasteiger partial charge < -0.3 is 20.5 Å². The van der Waals surface area contributed by atoms with Crippen LogP contribution in [0.15, 0.2) is 43.9 Å². The molecule has 0 aromatic heterocycles. The Balaban J connectivity index is 1.95. The molecule has 0 saturated heterocycles. The number of carbonyl (C=O) groups is 2. The number of aldehydes is 2.